The van der Waals surface area contributed by atoms with Crippen molar-refractivity contribution in [2.24, 2.45) is 16.3 Å². The Labute approximate surface area is 125 Å². The number of hydrogen-bond acceptors (Lipinski definition) is 5. The summed E-state index contributed by atoms with van der Waals surface area (Å²) in [5.41, 5.74) is 4.86. The van der Waals surface area contributed by atoms with E-state index in [2.05, 4.69) is 5.16 Å². The SMILES string of the molecule is NC(=NO)C1(C(=O)N2CCCS(=O)(=O)CC2)CCCCC1. The Balaban J connectivity index is 2.22. The lowest BCUT2D eigenvalue weighted by Crippen LogP contribution is -2.53. The summed E-state index contributed by atoms with van der Waals surface area (Å²) in [6, 6.07) is 0. The summed E-state index contributed by atoms with van der Waals surface area (Å²) in [6.45, 7) is 0.611. The summed E-state index contributed by atoms with van der Waals surface area (Å²) in [4.78, 5) is 14.5. The highest BCUT2D eigenvalue weighted by Crippen LogP contribution is 2.38. The van der Waals surface area contributed by atoms with E-state index >= 15 is 0 Å². The second-order valence-electron chi connectivity index (χ2n) is 5.93. The van der Waals surface area contributed by atoms with Gasteiger partial charge in [0.15, 0.2) is 15.7 Å². The van der Waals surface area contributed by atoms with Gasteiger partial charge >= 0.3 is 0 Å². The maximum Gasteiger partial charge on any atom is 0.236 e. The first-order valence-electron chi connectivity index (χ1n) is 7.39. The minimum Gasteiger partial charge on any atom is -0.409 e. The van der Waals surface area contributed by atoms with Crippen LogP contribution in [0.25, 0.3) is 0 Å². The fourth-order valence-electron chi connectivity index (χ4n) is 3.27. The highest BCUT2D eigenvalue weighted by molar-refractivity contribution is 7.91. The Kier molecular flexibility index (Phi) is 4.75. The Morgan fingerprint density at radius 2 is 1.76 bits per heavy atom. The minimum absolute atomic E-state index is 0.00894. The van der Waals surface area contributed by atoms with Gasteiger partial charge in [0.1, 0.15) is 5.41 Å². The van der Waals surface area contributed by atoms with Crippen LogP contribution in [0.4, 0.5) is 0 Å². The number of amides is 1. The van der Waals surface area contributed by atoms with Crippen LogP contribution in [-0.2, 0) is 14.6 Å². The van der Waals surface area contributed by atoms with E-state index in [0.29, 0.717) is 25.8 Å². The zero-order valence-corrected chi connectivity index (χ0v) is 12.9. The Bertz CT molecular complexity index is 524. The fourth-order valence-corrected chi connectivity index (χ4v) is 4.55. The van der Waals surface area contributed by atoms with Gasteiger partial charge in [-0.3, -0.25) is 4.79 Å². The number of sulfone groups is 1. The largest absolute Gasteiger partial charge is 0.409 e. The molecule has 2 aliphatic rings. The normalized spacial score (nSPS) is 26.1. The number of nitrogens with two attached hydrogens (primary N) is 1. The Morgan fingerprint density at radius 3 is 2.38 bits per heavy atom. The van der Waals surface area contributed by atoms with Crippen molar-refractivity contribution in [1.29, 1.82) is 0 Å². The number of rotatable bonds is 2. The first kappa shape index (κ1) is 16.1. The van der Waals surface area contributed by atoms with Gasteiger partial charge in [0, 0.05) is 13.1 Å². The molecule has 0 atom stereocenters. The molecule has 0 aromatic heterocycles. The molecule has 0 unspecified atom stereocenters. The molecule has 120 valence electrons. The van der Waals surface area contributed by atoms with Gasteiger partial charge in [-0.25, -0.2) is 8.42 Å². The van der Waals surface area contributed by atoms with Crippen molar-refractivity contribution in [3.63, 3.8) is 0 Å². The molecule has 3 N–H and O–H groups in total. The van der Waals surface area contributed by atoms with Crippen molar-refractivity contribution in [1.82, 2.24) is 4.90 Å². The zero-order chi connectivity index (χ0) is 15.5. The molecule has 7 nitrogen and oxygen atoms in total. The number of carbonyl (C=O) groups excluding carboxylic acids is 1. The van der Waals surface area contributed by atoms with Crippen molar-refractivity contribution in [3.05, 3.63) is 0 Å². The van der Waals surface area contributed by atoms with Gasteiger partial charge < -0.3 is 15.8 Å². The minimum atomic E-state index is -3.07. The van der Waals surface area contributed by atoms with Crippen molar-refractivity contribution in [2.45, 2.75) is 38.5 Å². The van der Waals surface area contributed by atoms with Gasteiger partial charge in [-0.1, -0.05) is 24.4 Å². The molecule has 0 aromatic carbocycles. The van der Waals surface area contributed by atoms with E-state index in [0.717, 1.165) is 19.3 Å². The molecule has 2 rings (SSSR count). The molecule has 0 radical (unpaired) electrons. The van der Waals surface area contributed by atoms with E-state index in [4.69, 9.17) is 10.9 Å². The molecule has 1 aliphatic heterocycles. The lowest BCUT2D eigenvalue weighted by atomic mass is 9.72. The molecule has 1 amide bonds. The molecule has 1 saturated heterocycles. The van der Waals surface area contributed by atoms with Crippen LogP contribution < -0.4 is 5.73 Å². The lowest BCUT2D eigenvalue weighted by Gasteiger charge is -2.38. The average molecular weight is 317 g/mol. The van der Waals surface area contributed by atoms with Gasteiger partial charge in [-0.05, 0) is 19.3 Å². The topological polar surface area (TPSA) is 113 Å². The second kappa shape index (κ2) is 6.21. The summed E-state index contributed by atoms with van der Waals surface area (Å²) in [5.74, 6) is -0.118. The summed E-state index contributed by atoms with van der Waals surface area (Å²) in [5, 5.41) is 12.1. The summed E-state index contributed by atoms with van der Waals surface area (Å²) < 4.78 is 23.3. The first-order valence-corrected chi connectivity index (χ1v) is 9.21. The van der Waals surface area contributed by atoms with E-state index in [1.807, 2.05) is 0 Å². The van der Waals surface area contributed by atoms with Crippen LogP contribution in [0.15, 0.2) is 5.16 Å². The van der Waals surface area contributed by atoms with Gasteiger partial charge in [0.25, 0.3) is 0 Å². The predicted molar refractivity (Wildman–Crippen MR) is 78.8 cm³/mol. The first-order chi connectivity index (χ1) is 9.91. The molecule has 1 heterocycles. The fraction of sp³-hybridized carbons (Fsp3) is 0.846. The Morgan fingerprint density at radius 1 is 1.10 bits per heavy atom. The van der Waals surface area contributed by atoms with Gasteiger partial charge in [0.2, 0.25) is 5.91 Å². The molecule has 0 bridgehead atoms. The van der Waals surface area contributed by atoms with Crippen LogP contribution in [0.2, 0.25) is 0 Å². The molecule has 0 aromatic rings. The monoisotopic (exact) mass is 317 g/mol. The van der Waals surface area contributed by atoms with E-state index < -0.39 is 15.3 Å². The van der Waals surface area contributed by atoms with Crippen LogP contribution in [0, 0.1) is 5.41 Å². The molecular formula is C13H23N3O4S. The smallest absolute Gasteiger partial charge is 0.236 e. The number of nitrogens with zero attached hydrogens (tertiary/aromatic N) is 2. The highest BCUT2D eigenvalue weighted by Gasteiger charge is 2.46. The number of carbonyl (C=O) groups is 1. The summed E-state index contributed by atoms with van der Waals surface area (Å²) in [7, 11) is -3.07. The zero-order valence-electron chi connectivity index (χ0n) is 12.1. The predicted octanol–water partition coefficient (Wildman–Crippen LogP) is 0.330. The molecule has 1 saturated carbocycles. The van der Waals surface area contributed by atoms with Gasteiger partial charge in [-0.2, -0.15) is 0 Å². The van der Waals surface area contributed by atoms with E-state index in [-0.39, 0.29) is 29.8 Å². The highest BCUT2D eigenvalue weighted by atomic mass is 32.2. The maximum atomic E-state index is 12.9. The standard InChI is InChI=1S/C13H23N3O4S/c14-11(15-18)13(5-2-1-3-6-13)12(17)16-7-4-9-21(19,20)10-8-16/h18H,1-10H2,(H2,14,15). The molecule has 1 aliphatic carbocycles. The van der Waals surface area contributed by atoms with Gasteiger partial charge in [0.05, 0.1) is 11.5 Å². The molecule has 2 fully saturated rings. The van der Waals surface area contributed by atoms with E-state index in [1.165, 1.54) is 0 Å². The third kappa shape index (κ3) is 3.30. The van der Waals surface area contributed by atoms with Crippen LogP contribution in [0.3, 0.4) is 0 Å². The number of amidine groups is 1. The third-order valence-corrected chi connectivity index (χ3v) is 6.27. The van der Waals surface area contributed by atoms with Crippen molar-refractivity contribution >= 4 is 21.6 Å². The van der Waals surface area contributed by atoms with Crippen molar-refractivity contribution < 1.29 is 18.4 Å². The maximum absolute atomic E-state index is 12.9. The molecule has 21 heavy (non-hydrogen) atoms. The van der Waals surface area contributed by atoms with Crippen LogP contribution in [0.1, 0.15) is 38.5 Å². The Hall–Kier alpha value is -1.31. The van der Waals surface area contributed by atoms with Crippen LogP contribution in [-0.4, -0.2) is 54.9 Å². The van der Waals surface area contributed by atoms with Crippen molar-refractivity contribution in [2.75, 3.05) is 24.6 Å². The summed E-state index contributed by atoms with van der Waals surface area (Å²) >= 11 is 0. The summed E-state index contributed by atoms with van der Waals surface area (Å²) in [6.07, 6.45) is 4.31. The van der Waals surface area contributed by atoms with Crippen LogP contribution in [0.5, 0.6) is 0 Å². The average Bonchev–Trinajstić information content (AvgIpc) is 2.67. The molecule has 8 heteroatoms. The van der Waals surface area contributed by atoms with Gasteiger partial charge in [-0.15, -0.1) is 0 Å². The van der Waals surface area contributed by atoms with Crippen LogP contribution >= 0.6 is 0 Å². The number of oxime groups is 1. The quantitative estimate of drug-likeness (QED) is 0.330. The second-order valence-corrected chi connectivity index (χ2v) is 8.23. The molecular weight excluding hydrogens is 294 g/mol. The lowest BCUT2D eigenvalue weighted by molar-refractivity contribution is -0.139. The van der Waals surface area contributed by atoms with E-state index in [1.54, 1.807) is 4.90 Å². The number of hydrogen-bond donors (Lipinski definition) is 2. The third-order valence-electron chi connectivity index (χ3n) is 4.56. The van der Waals surface area contributed by atoms with E-state index in [9.17, 15) is 13.2 Å². The molecule has 0 spiro atoms. The van der Waals surface area contributed by atoms with Crippen molar-refractivity contribution in [3.8, 4) is 0 Å².